The zero-order valence-corrected chi connectivity index (χ0v) is 10.4. The summed E-state index contributed by atoms with van der Waals surface area (Å²) in [5.41, 5.74) is 1.27. The molecule has 0 aromatic heterocycles. The third-order valence-corrected chi connectivity index (χ3v) is 3.34. The van der Waals surface area contributed by atoms with E-state index in [0.29, 0.717) is 0 Å². The number of nitrogens with one attached hydrogen (secondary N) is 1. The number of rotatable bonds is 6. The molecule has 0 aliphatic heterocycles. The summed E-state index contributed by atoms with van der Waals surface area (Å²) in [5.74, 6) is 1.43. The van der Waals surface area contributed by atoms with Gasteiger partial charge in [0.25, 0.3) is 0 Å². The predicted molar refractivity (Wildman–Crippen MR) is 67.5 cm³/mol. The highest BCUT2D eigenvalue weighted by atomic mass is 32.2. The number of esters is 1. The van der Waals surface area contributed by atoms with E-state index in [2.05, 4.69) is 17.4 Å². The first-order valence-corrected chi connectivity index (χ1v) is 6.30. The van der Waals surface area contributed by atoms with E-state index in [1.54, 1.807) is 18.8 Å². The second-order valence-corrected chi connectivity index (χ2v) is 4.40. The molecule has 16 heavy (non-hydrogen) atoms. The number of carbonyl (C=O) groups excluding carboxylic acids is 1. The molecule has 0 saturated heterocycles. The third-order valence-electron chi connectivity index (χ3n) is 2.23. The molecule has 0 bridgehead atoms. The summed E-state index contributed by atoms with van der Waals surface area (Å²) >= 11 is 1.72. The summed E-state index contributed by atoms with van der Waals surface area (Å²) < 4.78 is 4.69. The van der Waals surface area contributed by atoms with Crippen LogP contribution >= 0.6 is 11.8 Å². The molecular formula is C12H17NO2S. The van der Waals surface area contributed by atoms with Gasteiger partial charge in [-0.1, -0.05) is 30.3 Å². The monoisotopic (exact) mass is 239 g/mol. The van der Waals surface area contributed by atoms with E-state index in [0.717, 1.165) is 11.5 Å². The van der Waals surface area contributed by atoms with E-state index < -0.39 is 0 Å². The minimum absolute atomic E-state index is 0.205. The Labute approximate surface area is 101 Å². The lowest BCUT2D eigenvalue weighted by Crippen LogP contribution is -2.37. The van der Waals surface area contributed by atoms with Crippen LogP contribution in [0.15, 0.2) is 30.3 Å². The highest BCUT2D eigenvalue weighted by Gasteiger charge is 2.16. The van der Waals surface area contributed by atoms with Gasteiger partial charge < -0.3 is 10.1 Å². The van der Waals surface area contributed by atoms with Crippen molar-refractivity contribution in [1.29, 1.82) is 0 Å². The average molecular weight is 239 g/mol. The molecule has 88 valence electrons. The van der Waals surface area contributed by atoms with Gasteiger partial charge in [0.15, 0.2) is 0 Å². The van der Waals surface area contributed by atoms with Crippen molar-refractivity contribution >= 4 is 17.7 Å². The van der Waals surface area contributed by atoms with Crippen LogP contribution in [0.3, 0.4) is 0 Å². The van der Waals surface area contributed by atoms with Crippen molar-refractivity contribution in [3.05, 3.63) is 35.9 Å². The van der Waals surface area contributed by atoms with Crippen molar-refractivity contribution in [3.8, 4) is 0 Å². The molecule has 3 nitrogen and oxygen atoms in total. The van der Waals surface area contributed by atoms with Crippen LogP contribution in [0.2, 0.25) is 0 Å². The lowest BCUT2D eigenvalue weighted by molar-refractivity contribution is -0.142. The fraction of sp³-hybridized carbons (Fsp3) is 0.417. The SMILES string of the molecule is CNC(CSCc1ccccc1)C(=O)OC. The Bertz CT molecular complexity index is 316. The number of ether oxygens (including phenoxy) is 1. The lowest BCUT2D eigenvalue weighted by atomic mass is 10.2. The summed E-state index contributed by atoms with van der Waals surface area (Å²) in [5, 5.41) is 2.94. The Kier molecular flexibility index (Phi) is 5.96. The fourth-order valence-corrected chi connectivity index (χ4v) is 2.36. The number of carbonyl (C=O) groups is 1. The molecule has 0 aliphatic rings. The molecule has 4 heteroatoms. The molecule has 0 spiro atoms. The van der Waals surface area contributed by atoms with Crippen LogP contribution in [0, 0.1) is 0 Å². The molecule has 1 aromatic rings. The zero-order chi connectivity index (χ0) is 11.8. The topological polar surface area (TPSA) is 38.3 Å². The van der Waals surface area contributed by atoms with E-state index in [4.69, 9.17) is 4.74 Å². The van der Waals surface area contributed by atoms with Gasteiger partial charge in [-0.2, -0.15) is 11.8 Å². The summed E-state index contributed by atoms with van der Waals surface area (Å²) in [6.07, 6.45) is 0. The molecule has 0 amide bonds. The van der Waals surface area contributed by atoms with Gasteiger partial charge in [0, 0.05) is 11.5 Å². The number of likely N-dealkylation sites (N-methyl/N-ethyl adjacent to an activating group) is 1. The molecular weight excluding hydrogens is 222 g/mol. The highest BCUT2D eigenvalue weighted by Crippen LogP contribution is 2.13. The van der Waals surface area contributed by atoms with Crippen LogP contribution in [0.4, 0.5) is 0 Å². The molecule has 1 rings (SSSR count). The molecule has 0 saturated carbocycles. The van der Waals surface area contributed by atoms with Crippen molar-refractivity contribution in [2.45, 2.75) is 11.8 Å². The maximum absolute atomic E-state index is 11.3. The minimum Gasteiger partial charge on any atom is -0.468 e. The van der Waals surface area contributed by atoms with Crippen molar-refractivity contribution in [2.75, 3.05) is 19.9 Å². The average Bonchev–Trinajstić information content (AvgIpc) is 2.35. The van der Waals surface area contributed by atoms with Gasteiger partial charge in [0.2, 0.25) is 0 Å². The maximum atomic E-state index is 11.3. The molecule has 1 N–H and O–H groups in total. The van der Waals surface area contributed by atoms with Crippen LogP contribution in [0.25, 0.3) is 0 Å². The van der Waals surface area contributed by atoms with Crippen molar-refractivity contribution in [1.82, 2.24) is 5.32 Å². The largest absolute Gasteiger partial charge is 0.468 e. The predicted octanol–water partition coefficient (Wildman–Crippen LogP) is 1.68. The molecule has 1 atom stereocenters. The van der Waals surface area contributed by atoms with E-state index in [1.165, 1.54) is 12.7 Å². The number of methoxy groups -OCH3 is 1. The summed E-state index contributed by atoms with van der Waals surface area (Å²) in [4.78, 5) is 11.3. The van der Waals surface area contributed by atoms with Crippen LogP contribution in [0.5, 0.6) is 0 Å². The summed E-state index contributed by atoms with van der Waals surface area (Å²) in [6, 6.07) is 9.98. The van der Waals surface area contributed by atoms with Gasteiger partial charge >= 0.3 is 5.97 Å². The molecule has 0 radical (unpaired) electrons. The molecule has 1 aromatic carbocycles. The van der Waals surface area contributed by atoms with Gasteiger partial charge in [-0.3, -0.25) is 4.79 Å². The van der Waals surface area contributed by atoms with Gasteiger partial charge in [-0.25, -0.2) is 0 Å². The number of thioether (sulfide) groups is 1. The van der Waals surface area contributed by atoms with E-state index in [-0.39, 0.29) is 12.0 Å². The van der Waals surface area contributed by atoms with Crippen LogP contribution in [-0.4, -0.2) is 31.9 Å². The molecule has 0 fully saturated rings. The van der Waals surface area contributed by atoms with Crippen molar-refractivity contribution in [3.63, 3.8) is 0 Å². The highest BCUT2D eigenvalue weighted by molar-refractivity contribution is 7.98. The number of hydrogen-bond donors (Lipinski definition) is 1. The van der Waals surface area contributed by atoms with Gasteiger partial charge in [0.1, 0.15) is 6.04 Å². The number of benzene rings is 1. The molecule has 0 aliphatic carbocycles. The quantitative estimate of drug-likeness (QED) is 0.767. The van der Waals surface area contributed by atoms with Crippen molar-refractivity contribution in [2.24, 2.45) is 0 Å². The van der Waals surface area contributed by atoms with E-state index in [9.17, 15) is 4.79 Å². The van der Waals surface area contributed by atoms with E-state index >= 15 is 0 Å². The summed E-state index contributed by atoms with van der Waals surface area (Å²) in [6.45, 7) is 0. The van der Waals surface area contributed by atoms with Gasteiger partial charge in [-0.15, -0.1) is 0 Å². The van der Waals surface area contributed by atoms with Gasteiger partial charge in [-0.05, 0) is 12.6 Å². The second-order valence-electron chi connectivity index (χ2n) is 3.37. The fourth-order valence-electron chi connectivity index (χ4n) is 1.28. The van der Waals surface area contributed by atoms with Crippen LogP contribution in [0.1, 0.15) is 5.56 Å². The molecule has 1 unspecified atom stereocenters. The zero-order valence-electron chi connectivity index (χ0n) is 9.60. The van der Waals surface area contributed by atoms with Crippen LogP contribution in [-0.2, 0) is 15.3 Å². The third kappa shape index (κ3) is 4.24. The normalized spacial score (nSPS) is 12.1. The maximum Gasteiger partial charge on any atom is 0.323 e. The first kappa shape index (κ1) is 13.1. The van der Waals surface area contributed by atoms with Gasteiger partial charge in [0.05, 0.1) is 7.11 Å². The first-order chi connectivity index (χ1) is 7.77. The Hall–Kier alpha value is -1.00. The Balaban J connectivity index is 2.31. The molecule has 0 heterocycles. The Morgan fingerprint density at radius 1 is 1.44 bits per heavy atom. The van der Waals surface area contributed by atoms with Crippen LogP contribution < -0.4 is 5.32 Å². The van der Waals surface area contributed by atoms with Crippen molar-refractivity contribution < 1.29 is 9.53 Å². The Morgan fingerprint density at radius 3 is 2.69 bits per heavy atom. The number of hydrogen-bond acceptors (Lipinski definition) is 4. The first-order valence-electron chi connectivity index (χ1n) is 5.14. The minimum atomic E-state index is -0.223. The van der Waals surface area contributed by atoms with E-state index in [1.807, 2.05) is 18.2 Å². The standard InChI is InChI=1S/C12H17NO2S/c1-13-11(12(14)15-2)9-16-8-10-6-4-3-5-7-10/h3-7,11,13H,8-9H2,1-2H3. The Morgan fingerprint density at radius 2 is 2.12 bits per heavy atom. The smallest absolute Gasteiger partial charge is 0.323 e. The summed E-state index contributed by atoms with van der Waals surface area (Å²) in [7, 11) is 3.18. The lowest BCUT2D eigenvalue weighted by Gasteiger charge is -2.12. The second kappa shape index (κ2) is 7.30.